The van der Waals surface area contributed by atoms with Gasteiger partial charge in [-0.3, -0.25) is 24.0 Å². The van der Waals surface area contributed by atoms with E-state index >= 15 is 0 Å². The van der Waals surface area contributed by atoms with Gasteiger partial charge in [0, 0.05) is 67.4 Å². The molecular weight excluding hydrogens is 634 g/mol. The third kappa shape index (κ3) is 7.31. The number of nitrogens with one attached hydrogen (secondary N) is 1. The van der Waals surface area contributed by atoms with Crippen molar-refractivity contribution >= 4 is 29.2 Å². The molecule has 49 heavy (non-hydrogen) atoms. The molecule has 4 aliphatic rings. The van der Waals surface area contributed by atoms with E-state index in [9.17, 15) is 34.2 Å². The summed E-state index contributed by atoms with van der Waals surface area (Å²) in [6.07, 6.45) is 4.74. The molecule has 5 rings (SSSR count). The number of aliphatic hydroxyl groups is 2. The summed E-state index contributed by atoms with van der Waals surface area (Å²) in [5.41, 5.74) is 0.0858. The van der Waals surface area contributed by atoms with Crippen LogP contribution in [0.4, 0.5) is 0 Å². The number of methoxy groups -OCH3 is 1. The number of carbonyl (C=O) groups excluding carboxylic acids is 5. The summed E-state index contributed by atoms with van der Waals surface area (Å²) in [4.78, 5) is 66.1. The number of esters is 1. The van der Waals surface area contributed by atoms with E-state index in [2.05, 4.69) is 5.32 Å². The summed E-state index contributed by atoms with van der Waals surface area (Å²) in [5.74, 6) is -7.34. The average molecular weight is 680 g/mol. The maximum absolute atomic E-state index is 13.8. The quantitative estimate of drug-likeness (QED) is 0.387. The number of ketones is 3. The minimum absolute atomic E-state index is 0.0511. The maximum atomic E-state index is 13.8. The van der Waals surface area contributed by atoms with Gasteiger partial charge in [-0.1, -0.05) is 45.9 Å². The van der Waals surface area contributed by atoms with Crippen molar-refractivity contribution in [1.29, 1.82) is 0 Å². The van der Waals surface area contributed by atoms with Gasteiger partial charge in [0.1, 0.15) is 11.9 Å². The molecule has 0 aromatic heterocycles. The normalized spacial score (nSPS) is 34.3. The molecule has 0 radical (unpaired) electrons. The van der Waals surface area contributed by atoms with Crippen molar-refractivity contribution < 1.29 is 53.1 Å². The molecule has 1 aromatic rings. The summed E-state index contributed by atoms with van der Waals surface area (Å²) in [7, 11) is 1.44. The van der Waals surface area contributed by atoms with Gasteiger partial charge in [0.15, 0.2) is 5.78 Å². The number of ether oxygens (including phenoxy) is 4. The number of rotatable bonds is 2. The van der Waals surface area contributed by atoms with Gasteiger partial charge in [-0.05, 0) is 31.6 Å². The molecule has 0 saturated carbocycles. The van der Waals surface area contributed by atoms with Gasteiger partial charge < -0.3 is 34.5 Å². The van der Waals surface area contributed by atoms with Crippen LogP contribution in [0.1, 0.15) is 85.1 Å². The number of fused-ring (bicyclic) bond motifs is 14. The lowest BCUT2D eigenvalue weighted by molar-refractivity contribution is -0.160. The zero-order chi connectivity index (χ0) is 36.5. The van der Waals surface area contributed by atoms with Crippen LogP contribution < -0.4 is 10.1 Å². The number of hydrogen-bond donors (Lipinski definition) is 3. The van der Waals surface area contributed by atoms with Crippen molar-refractivity contribution in [3.8, 4) is 5.75 Å². The van der Waals surface area contributed by atoms with E-state index < -0.39 is 83.1 Å². The smallest absolute Gasteiger partial charge is 0.312 e. The standard InChI is InChI=1S/C37H45NO11/c1-17-11-10-12-18(2)36(45)38-25-16-26(40)28-24(32(25)43)15-19(3)33-29(28)35(44)37(8,49-33)47-14-13-27(46-9)20(4)34(48-23(7)39)22(6)31(42)21(5)30(17)41/h10-17,20-22,27,30-31,34,41-42H,1-9H3,(H,38,45)/b11-10-,14-13?,18-12-/t17-,20+,21+,22+,27-,30-,31+,34+,37-/m0/s1. The van der Waals surface area contributed by atoms with Crippen LogP contribution in [-0.4, -0.2) is 76.8 Å². The van der Waals surface area contributed by atoms with Crippen molar-refractivity contribution in [1.82, 2.24) is 5.32 Å². The molecule has 12 nitrogen and oxygen atoms in total. The third-order valence-corrected chi connectivity index (χ3v) is 9.62. The van der Waals surface area contributed by atoms with E-state index in [-0.39, 0.29) is 33.7 Å². The second-order valence-corrected chi connectivity index (χ2v) is 13.3. The molecule has 0 saturated heterocycles. The lowest BCUT2D eigenvalue weighted by Gasteiger charge is -2.38. The summed E-state index contributed by atoms with van der Waals surface area (Å²) < 4.78 is 23.2. The van der Waals surface area contributed by atoms with Crippen LogP contribution in [0.3, 0.4) is 0 Å². The first-order valence-electron chi connectivity index (χ1n) is 16.2. The molecule has 1 amide bonds. The summed E-state index contributed by atoms with van der Waals surface area (Å²) in [5, 5.41) is 25.0. The first-order valence-corrected chi connectivity index (χ1v) is 16.2. The number of aliphatic hydroxyl groups excluding tert-OH is 2. The largest absolute Gasteiger partial charge is 0.462 e. The van der Waals surface area contributed by atoms with Crippen molar-refractivity contribution in [3.63, 3.8) is 0 Å². The molecule has 0 spiro atoms. The molecule has 3 heterocycles. The van der Waals surface area contributed by atoms with E-state index in [1.165, 1.54) is 52.4 Å². The van der Waals surface area contributed by atoms with Crippen LogP contribution in [-0.2, 0) is 23.8 Å². The van der Waals surface area contributed by atoms with E-state index in [1.807, 2.05) is 0 Å². The molecule has 0 unspecified atom stereocenters. The molecule has 1 aliphatic carbocycles. The Hall–Kier alpha value is -4.39. The van der Waals surface area contributed by atoms with E-state index in [0.717, 1.165) is 6.08 Å². The molecule has 3 N–H and O–H groups in total. The summed E-state index contributed by atoms with van der Waals surface area (Å²) in [6, 6.07) is 1.44. The fourth-order valence-electron chi connectivity index (χ4n) is 6.56. The minimum atomic E-state index is -1.91. The Balaban J connectivity index is 1.80. The van der Waals surface area contributed by atoms with Gasteiger partial charge in [-0.25, -0.2) is 0 Å². The van der Waals surface area contributed by atoms with E-state index in [4.69, 9.17) is 18.9 Å². The number of allylic oxidation sites excluding steroid dienone is 4. The van der Waals surface area contributed by atoms with Crippen LogP contribution >= 0.6 is 0 Å². The number of Topliss-reactive ketones (excluding diaryl/α,β-unsaturated/α-hetero) is 2. The topological polar surface area (TPSA) is 175 Å². The van der Waals surface area contributed by atoms with Gasteiger partial charge in [-0.2, -0.15) is 0 Å². The van der Waals surface area contributed by atoms with Crippen molar-refractivity contribution in [2.75, 3.05) is 7.11 Å². The van der Waals surface area contributed by atoms with Gasteiger partial charge in [-0.15, -0.1) is 0 Å². The van der Waals surface area contributed by atoms with Crippen molar-refractivity contribution in [3.05, 3.63) is 76.2 Å². The molecule has 1 aromatic carbocycles. The second kappa shape index (κ2) is 14.6. The monoisotopic (exact) mass is 679 g/mol. The highest BCUT2D eigenvalue weighted by Crippen LogP contribution is 2.43. The third-order valence-electron chi connectivity index (χ3n) is 9.62. The fraction of sp³-hybridized carbons (Fsp3) is 0.486. The van der Waals surface area contributed by atoms with E-state index in [1.54, 1.807) is 46.8 Å². The van der Waals surface area contributed by atoms with Gasteiger partial charge in [0.2, 0.25) is 5.78 Å². The van der Waals surface area contributed by atoms with Gasteiger partial charge >= 0.3 is 11.8 Å². The Morgan fingerprint density at radius 3 is 2.27 bits per heavy atom. The molecule has 3 aliphatic heterocycles. The van der Waals surface area contributed by atoms with Gasteiger partial charge in [0.05, 0.1) is 35.8 Å². The van der Waals surface area contributed by atoms with Crippen molar-refractivity contribution in [2.45, 2.75) is 85.6 Å². The highest BCUT2D eigenvalue weighted by molar-refractivity contribution is 6.29. The lowest BCUT2D eigenvalue weighted by atomic mass is 9.78. The Kier molecular flexibility index (Phi) is 11.2. The zero-order valence-electron chi connectivity index (χ0n) is 29.2. The summed E-state index contributed by atoms with van der Waals surface area (Å²) in [6.45, 7) is 12.7. The molecule has 9 atom stereocenters. The van der Waals surface area contributed by atoms with Crippen LogP contribution in [0.25, 0.3) is 0 Å². The predicted octanol–water partition coefficient (Wildman–Crippen LogP) is 3.92. The maximum Gasteiger partial charge on any atom is 0.312 e. The Morgan fingerprint density at radius 2 is 1.63 bits per heavy atom. The van der Waals surface area contributed by atoms with Crippen LogP contribution in [0.15, 0.2) is 54.0 Å². The highest BCUT2D eigenvalue weighted by atomic mass is 16.7. The van der Waals surface area contributed by atoms with Crippen LogP contribution in [0, 0.1) is 30.6 Å². The first kappa shape index (κ1) is 37.4. The van der Waals surface area contributed by atoms with Crippen LogP contribution in [0.2, 0.25) is 0 Å². The number of amides is 1. The predicted molar refractivity (Wildman–Crippen MR) is 178 cm³/mol. The molecule has 12 heteroatoms. The molecule has 5 bridgehead atoms. The number of hydrogen-bond acceptors (Lipinski definition) is 11. The molecule has 264 valence electrons. The molecule has 0 fully saturated rings. The number of aryl methyl sites for hydroxylation is 1. The van der Waals surface area contributed by atoms with Gasteiger partial charge in [0.25, 0.3) is 11.7 Å². The fourth-order valence-corrected chi connectivity index (χ4v) is 6.56. The summed E-state index contributed by atoms with van der Waals surface area (Å²) >= 11 is 0. The number of carbonyl (C=O) groups is 5. The highest BCUT2D eigenvalue weighted by Gasteiger charge is 2.50. The average Bonchev–Trinajstić information content (AvgIpc) is 3.32. The SMILES string of the molecule is CO[C@H]1C=CO[C@@]2(C)Oc3c(C)cc4c(c3C2=O)C(=O)C=C(NC(=O)/C(C)=C\C=C/[C@H](C)[C@H](O)[C@@H](C)[C@@H](O)[C@@H](C)[C@H](OC(C)=O)[C@@H]1C)C4=O. The Labute approximate surface area is 285 Å². The van der Waals surface area contributed by atoms with Crippen molar-refractivity contribution in [2.24, 2.45) is 23.7 Å². The molecular formula is C37H45NO11. The minimum Gasteiger partial charge on any atom is -0.462 e. The zero-order valence-corrected chi connectivity index (χ0v) is 29.2. The lowest BCUT2D eigenvalue weighted by Crippen LogP contribution is -2.46. The number of benzene rings is 1. The second-order valence-electron chi connectivity index (χ2n) is 13.3. The Morgan fingerprint density at radius 1 is 0.959 bits per heavy atom. The first-order chi connectivity index (χ1) is 22.9. The Bertz CT molecular complexity index is 1670. The van der Waals surface area contributed by atoms with Crippen LogP contribution in [0.5, 0.6) is 5.75 Å². The van der Waals surface area contributed by atoms with E-state index in [0.29, 0.717) is 5.56 Å².